The van der Waals surface area contributed by atoms with Crippen LogP contribution in [-0.2, 0) is 0 Å². The number of hydrogen-bond donors (Lipinski definition) is 2. The molecule has 2 radical (unpaired) electrons. The minimum Gasteiger partial charge on any atom is -0.382 e. The molecule has 0 unspecified atom stereocenters. The van der Waals surface area contributed by atoms with Crippen LogP contribution in [0.5, 0.6) is 0 Å². The predicted octanol–water partition coefficient (Wildman–Crippen LogP) is 0.278. The van der Waals surface area contributed by atoms with Crippen LogP contribution in [0.2, 0.25) is 0 Å². The molecule has 12 heavy (non-hydrogen) atoms. The highest BCUT2D eigenvalue weighted by molar-refractivity contribution is 6.32. The van der Waals surface area contributed by atoms with Crippen molar-refractivity contribution in [2.24, 2.45) is 0 Å². The quantitative estimate of drug-likeness (QED) is 0.612. The monoisotopic (exact) mass is 161 g/mol. The normalized spacial score (nSPS) is 10.2. The molecule has 0 aromatic carbocycles. The van der Waals surface area contributed by atoms with Gasteiger partial charge >= 0.3 is 0 Å². The fraction of sp³-hybridized carbons (Fsp3) is 0.375. The number of hydrogen-bond acceptors (Lipinski definition) is 3. The number of rotatable bonds is 2. The zero-order valence-corrected chi connectivity index (χ0v) is 7.33. The first-order valence-electron chi connectivity index (χ1n) is 3.87. The SMILES string of the molecule is [B]c1cnc(N)c(NC(C)C)c1. The van der Waals surface area contributed by atoms with Crippen LogP contribution in [0.1, 0.15) is 13.8 Å². The average Bonchev–Trinajstić information content (AvgIpc) is 1.96. The molecule has 62 valence electrons. The van der Waals surface area contributed by atoms with Crippen LogP contribution < -0.4 is 16.5 Å². The van der Waals surface area contributed by atoms with E-state index in [1.54, 1.807) is 12.3 Å². The Bertz CT molecular complexity index is 273. The molecule has 0 bridgehead atoms. The van der Waals surface area contributed by atoms with Crippen molar-refractivity contribution in [3.63, 3.8) is 0 Å². The van der Waals surface area contributed by atoms with Crippen LogP contribution >= 0.6 is 0 Å². The van der Waals surface area contributed by atoms with Crippen molar-refractivity contribution in [1.29, 1.82) is 0 Å². The van der Waals surface area contributed by atoms with E-state index in [9.17, 15) is 0 Å². The van der Waals surface area contributed by atoms with Crippen molar-refractivity contribution in [1.82, 2.24) is 4.98 Å². The number of pyridine rings is 1. The van der Waals surface area contributed by atoms with Gasteiger partial charge in [0, 0.05) is 12.2 Å². The summed E-state index contributed by atoms with van der Waals surface area (Å²) in [5, 5.41) is 3.15. The van der Waals surface area contributed by atoms with E-state index in [2.05, 4.69) is 10.3 Å². The molecule has 0 amide bonds. The highest BCUT2D eigenvalue weighted by Gasteiger charge is 2.00. The van der Waals surface area contributed by atoms with Gasteiger partial charge < -0.3 is 11.1 Å². The van der Waals surface area contributed by atoms with Crippen LogP contribution in [-0.4, -0.2) is 18.9 Å². The largest absolute Gasteiger partial charge is 0.382 e. The number of anilines is 2. The van der Waals surface area contributed by atoms with Gasteiger partial charge in [-0.25, -0.2) is 4.98 Å². The molecule has 1 aromatic heterocycles. The molecule has 3 N–H and O–H groups in total. The Morgan fingerprint density at radius 3 is 2.83 bits per heavy atom. The zero-order chi connectivity index (χ0) is 9.14. The molecular weight excluding hydrogens is 149 g/mol. The topological polar surface area (TPSA) is 50.9 Å². The maximum absolute atomic E-state index is 5.61. The van der Waals surface area contributed by atoms with Crippen LogP contribution in [0.3, 0.4) is 0 Å². The number of nitrogens with two attached hydrogens (primary N) is 1. The lowest BCUT2D eigenvalue weighted by molar-refractivity contribution is 0.899. The molecule has 0 aliphatic rings. The van der Waals surface area contributed by atoms with Crippen molar-refractivity contribution < 1.29 is 0 Å². The number of nitrogens with zero attached hydrogens (tertiary/aromatic N) is 1. The summed E-state index contributed by atoms with van der Waals surface area (Å²) in [6.07, 6.45) is 1.54. The van der Waals surface area contributed by atoms with Gasteiger partial charge in [0.05, 0.1) is 5.69 Å². The lowest BCUT2D eigenvalue weighted by atomic mass is 9.98. The highest BCUT2D eigenvalue weighted by atomic mass is 15.0. The van der Waals surface area contributed by atoms with E-state index in [0.717, 1.165) is 5.69 Å². The Balaban J connectivity index is 2.90. The van der Waals surface area contributed by atoms with E-state index in [0.29, 0.717) is 17.3 Å². The molecule has 0 spiro atoms. The third kappa shape index (κ3) is 2.15. The van der Waals surface area contributed by atoms with E-state index in [1.165, 1.54) is 0 Å². The Morgan fingerprint density at radius 1 is 1.58 bits per heavy atom. The molecule has 1 heterocycles. The first-order chi connectivity index (χ1) is 5.59. The molecule has 0 atom stereocenters. The summed E-state index contributed by atoms with van der Waals surface area (Å²) in [6, 6.07) is 2.11. The van der Waals surface area contributed by atoms with Gasteiger partial charge in [-0.05, 0) is 19.9 Å². The molecule has 0 saturated heterocycles. The van der Waals surface area contributed by atoms with Gasteiger partial charge in [-0.1, -0.05) is 5.46 Å². The van der Waals surface area contributed by atoms with Gasteiger partial charge in [-0.2, -0.15) is 0 Å². The van der Waals surface area contributed by atoms with Gasteiger partial charge in [0.15, 0.2) is 0 Å². The van der Waals surface area contributed by atoms with Gasteiger partial charge in [-0.15, -0.1) is 0 Å². The molecule has 0 aliphatic carbocycles. The van der Waals surface area contributed by atoms with E-state index in [-0.39, 0.29) is 0 Å². The molecule has 1 aromatic rings. The summed E-state index contributed by atoms with van der Waals surface area (Å²) in [5.74, 6) is 0.484. The summed E-state index contributed by atoms with van der Waals surface area (Å²) in [6.45, 7) is 4.06. The Hall–Kier alpha value is -1.19. The van der Waals surface area contributed by atoms with Crippen LogP contribution in [0, 0.1) is 0 Å². The molecule has 0 saturated carbocycles. The summed E-state index contributed by atoms with van der Waals surface area (Å²) in [4.78, 5) is 3.92. The number of aromatic nitrogens is 1. The third-order valence-electron chi connectivity index (χ3n) is 1.38. The first kappa shape index (κ1) is 8.91. The summed E-state index contributed by atoms with van der Waals surface area (Å²) < 4.78 is 0. The summed E-state index contributed by atoms with van der Waals surface area (Å²) in [5.41, 5.74) is 7.02. The maximum Gasteiger partial charge on any atom is 0.146 e. The molecule has 0 aliphatic heterocycles. The first-order valence-corrected chi connectivity index (χ1v) is 3.87. The van der Waals surface area contributed by atoms with E-state index < -0.39 is 0 Å². The second-order valence-corrected chi connectivity index (χ2v) is 3.00. The van der Waals surface area contributed by atoms with Gasteiger partial charge in [-0.3, -0.25) is 0 Å². The van der Waals surface area contributed by atoms with Gasteiger partial charge in [0.2, 0.25) is 0 Å². The lowest BCUT2D eigenvalue weighted by Crippen LogP contribution is -2.15. The highest BCUT2D eigenvalue weighted by Crippen LogP contribution is 2.12. The van der Waals surface area contributed by atoms with Crippen LogP contribution in [0.4, 0.5) is 11.5 Å². The van der Waals surface area contributed by atoms with E-state index >= 15 is 0 Å². The smallest absolute Gasteiger partial charge is 0.146 e. The minimum absolute atomic E-state index is 0.330. The van der Waals surface area contributed by atoms with Crippen molar-refractivity contribution in [3.05, 3.63) is 12.3 Å². The minimum atomic E-state index is 0.330. The van der Waals surface area contributed by atoms with Crippen LogP contribution in [0.25, 0.3) is 0 Å². The van der Waals surface area contributed by atoms with Crippen molar-refractivity contribution in [2.75, 3.05) is 11.1 Å². The fourth-order valence-corrected chi connectivity index (χ4v) is 0.918. The van der Waals surface area contributed by atoms with Crippen LogP contribution in [0.15, 0.2) is 12.3 Å². The number of nitrogens with one attached hydrogen (secondary N) is 1. The molecular formula is C8H12BN3. The van der Waals surface area contributed by atoms with Crippen molar-refractivity contribution in [2.45, 2.75) is 19.9 Å². The standard InChI is InChI=1S/C8H12BN3/c1-5(2)12-7-3-6(9)4-11-8(7)10/h3-5,12H,1-2H3,(H2,10,11). The lowest BCUT2D eigenvalue weighted by Gasteiger charge is -2.11. The van der Waals surface area contributed by atoms with Gasteiger partial charge in [0.25, 0.3) is 0 Å². The number of nitrogen functional groups attached to an aromatic ring is 1. The molecule has 3 nitrogen and oxygen atoms in total. The summed E-state index contributed by atoms with van der Waals surface area (Å²) in [7, 11) is 5.55. The fourth-order valence-electron chi connectivity index (χ4n) is 0.918. The van der Waals surface area contributed by atoms with E-state index in [4.69, 9.17) is 13.6 Å². The summed E-state index contributed by atoms with van der Waals surface area (Å²) >= 11 is 0. The van der Waals surface area contributed by atoms with Crippen molar-refractivity contribution in [3.8, 4) is 0 Å². The Kier molecular flexibility index (Phi) is 2.58. The Labute approximate surface area is 73.8 Å². The molecule has 1 rings (SSSR count). The van der Waals surface area contributed by atoms with Gasteiger partial charge in [0.1, 0.15) is 13.7 Å². The third-order valence-corrected chi connectivity index (χ3v) is 1.38. The average molecular weight is 161 g/mol. The van der Waals surface area contributed by atoms with E-state index in [1.807, 2.05) is 13.8 Å². The second kappa shape index (κ2) is 3.47. The second-order valence-electron chi connectivity index (χ2n) is 3.00. The molecule has 0 fully saturated rings. The maximum atomic E-state index is 5.61. The van der Waals surface area contributed by atoms with Crippen molar-refractivity contribution >= 4 is 24.8 Å². The zero-order valence-electron chi connectivity index (χ0n) is 7.33. The molecule has 4 heteroatoms. The Morgan fingerprint density at radius 2 is 2.25 bits per heavy atom. The predicted molar refractivity (Wildman–Crippen MR) is 52.8 cm³/mol.